The van der Waals surface area contributed by atoms with Crippen LogP contribution in [-0.2, 0) is 28.3 Å². The van der Waals surface area contributed by atoms with Gasteiger partial charge in [0.25, 0.3) is 0 Å². The zero-order valence-corrected chi connectivity index (χ0v) is 15.5. The van der Waals surface area contributed by atoms with Crippen LogP contribution in [0.25, 0.3) is 11.0 Å². The Morgan fingerprint density at radius 3 is 2.92 bits per heavy atom. The molecule has 0 spiro atoms. The lowest BCUT2D eigenvalue weighted by atomic mass is 10.1. The van der Waals surface area contributed by atoms with Crippen LogP contribution in [0.3, 0.4) is 0 Å². The average Bonchev–Trinajstić information content (AvgIpc) is 3.12. The van der Waals surface area contributed by atoms with E-state index in [-0.39, 0.29) is 18.3 Å². The Morgan fingerprint density at radius 1 is 1.28 bits per heavy atom. The van der Waals surface area contributed by atoms with Crippen LogP contribution in [0.4, 0.5) is 0 Å². The Labute approximate surface area is 153 Å². The van der Waals surface area contributed by atoms with Gasteiger partial charge >= 0.3 is 11.6 Å². The van der Waals surface area contributed by atoms with E-state index in [1.165, 1.54) is 22.7 Å². The maximum atomic E-state index is 11.9. The van der Waals surface area contributed by atoms with Gasteiger partial charge in [-0.15, -0.1) is 23.1 Å². The minimum Gasteiger partial charge on any atom is -0.460 e. The summed E-state index contributed by atoms with van der Waals surface area (Å²) >= 11 is 3.19. The maximum absolute atomic E-state index is 11.9. The zero-order chi connectivity index (χ0) is 17.6. The molecule has 3 aromatic rings. The number of carbonyl (C=O) groups excluding carboxylic acids is 1. The standard InChI is InChI=1S/C19H18O4S2/c1-2-13-5-6-16-14(9-18(20)23-17(16)8-13)10-22-19(21)12-24-11-15-4-3-7-25-15/h3-9H,2,10-12H2,1H3. The first-order valence-electron chi connectivity index (χ1n) is 7.97. The normalized spacial score (nSPS) is 10.9. The molecule has 0 aliphatic carbocycles. The third kappa shape index (κ3) is 4.74. The van der Waals surface area contributed by atoms with Gasteiger partial charge in [0, 0.05) is 27.6 Å². The van der Waals surface area contributed by atoms with E-state index in [4.69, 9.17) is 9.15 Å². The van der Waals surface area contributed by atoms with E-state index in [1.807, 2.05) is 42.6 Å². The highest BCUT2D eigenvalue weighted by Crippen LogP contribution is 2.21. The smallest absolute Gasteiger partial charge is 0.336 e. The molecule has 0 atom stereocenters. The third-order valence-corrected chi connectivity index (χ3v) is 5.75. The largest absolute Gasteiger partial charge is 0.460 e. The van der Waals surface area contributed by atoms with Gasteiger partial charge in [-0.05, 0) is 29.5 Å². The molecule has 0 radical (unpaired) electrons. The molecule has 4 nitrogen and oxygen atoms in total. The molecule has 0 saturated carbocycles. The second kappa shape index (κ2) is 8.36. The van der Waals surface area contributed by atoms with Crippen molar-refractivity contribution < 1.29 is 13.9 Å². The fraction of sp³-hybridized carbons (Fsp3) is 0.263. The molecule has 2 heterocycles. The van der Waals surface area contributed by atoms with Crippen LogP contribution in [0, 0.1) is 0 Å². The highest BCUT2D eigenvalue weighted by Gasteiger charge is 2.10. The van der Waals surface area contributed by atoms with Crippen LogP contribution in [0.5, 0.6) is 0 Å². The molecular weight excluding hydrogens is 356 g/mol. The zero-order valence-electron chi connectivity index (χ0n) is 13.8. The lowest BCUT2D eigenvalue weighted by molar-refractivity contribution is -0.141. The molecule has 0 bridgehead atoms. The summed E-state index contributed by atoms with van der Waals surface area (Å²) in [4.78, 5) is 24.9. The molecule has 25 heavy (non-hydrogen) atoms. The van der Waals surface area contributed by atoms with Crippen LogP contribution in [0.1, 0.15) is 22.9 Å². The van der Waals surface area contributed by atoms with Gasteiger partial charge in [0.2, 0.25) is 0 Å². The first kappa shape index (κ1) is 17.8. The number of thioether (sulfide) groups is 1. The average molecular weight is 374 g/mol. The Morgan fingerprint density at radius 2 is 2.16 bits per heavy atom. The topological polar surface area (TPSA) is 56.5 Å². The summed E-state index contributed by atoms with van der Waals surface area (Å²) in [5, 5.41) is 2.82. The predicted octanol–water partition coefficient (Wildman–Crippen LogP) is 4.39. The Bertz CT molecular complexity index is 913. The lowest BCUT2D eigenvalue weighted by Gasteiger charge is -2.08. The van der Waals surface area contributed by atoms with Gasteiger partial charge in [0.1, 0.15) is 12.2 Å². The monoisotopic (exact) mass is 374 g/mol. The number of ether oxygens (including phenoxy) is 1. The molecule has 0 saturated heterocycles. The summed E-state index contributed by atoms with van der Waals surface area (Å²) in [6.45, 7) is 2.12. The number of carbonyl (C=O) groups is 1. The van der Waals surface area contributed by atoms with Crippen molar-refractivity contribution in [3.8, 4) is 0 Å². The number of thiophene rings is 1. The molecular formula is C19H18O4S2. The number of esters is 1. The second-order valence-corrected chi connectivity index (χ2v) is 7.53. The number of aryl methyl sites for hydroxylation is 1. The number of hydrogen-bond donors (Lipinski definition) is 0. The van der Waals surface area contributed by atoms with Crippen LogP contribution < -0.4 is 5.63 Å². The number of fused-ring (bicyclic) bond motifs is 1. The minimum atomic E-state index is -0.432. The Hall–Kier alpha value is -2.05. The van der Waals surface area contributed by atoms with E-state index in [2.05, 4.69) is 0 Å². The van der Waals surface area contributed by atoms with E-state index in [0.29, 0.717) is 11.1 Å². The third-order valence-electron chi connectivity index (χ3n) is 3.74. The second-order valence-electron chi connectivity index (χ2n) is 5.51. The first-order chi connectivity index (χ1) is 12.2. The van der Waals surface area contributed by atoms with E-state index in [1.54, 1.807) is 11.3 Å². The maximum Gasteiger partial charge on any atom is 0.336 e. The molecule has 6 heteroatoms. The van der Waals surface area contributed by atoms with Gasteiger partial charge in [0.05, 0.1) is 5.75 Å². The molecule has 0 unspecified atom stereocenters. The highest BCUT2D eigenvalue weighted by atomic mass is 32.2. The van der Waals surface area contributed by atoms with Crippen molar-refractivity contribution in [1.29, 1.82) is 0 Å². The van der Waals surface area contributed by atoms with Crippen LogP contribution in [0.15, 0.2) is 51.0 Å². The number of benzene rings is 1. The lowest BCUT2D eigenvalue weighted by Crippen LogP contribution is -2.09. The van der Waals surface area contributed by atoms with Crippen molar-refractivity contribution in [2.75, 3.05) is 5.75 Å². The molecule has 130 valence electrons. The summed E-state index contributed by atoms with van der Waals surface area (Å²) in [6, 6.07) is 11.2. The molecule has 0 N–H and O–H groups in total. The summed E-state index contributed by atoms with van der Waals surface area (Å²) in [5.41, 5.74) is 1.86. The molecule has 0 aliphatic rings. The summed E-state index contributed by atoms with van der Waals surface area (Å²) < 4.78 is 10.6. The van der Waals surface area contributed by atoms with Crippen molar-refractivity contribution >= 4 is 40.0 Å². The summed E-state index contributed by atoms with van der Waals surface area (Å²) in [6.07, 6.45) is 0.861. The Balaban J connectivity index is 1.62. The van der Waals surface area contributed by atoms with Gasteiger partial charge in [0.15, 0.2) is 0 Å². The molecule has 2 aromatic heterocycles. The minimum absolute atomic E-state index is 0.0754. The van der Waals surface area contributed by atoms with Crippen molar-refractivity contribution in [1.82, 2.24) is 0 Å². The van der Waals surface area contributed by atoms with Crippen molar-refractivity contribution in [2.45, 2.75) is 25.7 Å². The SMILES string of the molecule is CCc1ccc2c(COC(=O)CSCc3cccs3)cc(=O)oc2c1. The molecule has 1 aromatic carbocycles. The fourth-order valence-electron chi connectivity index (χ4n) is 2.44. The summed E-state index contributed by atoms with van der Waals surface area (Å²) in [7, 11) is 0. The van der Waals surface area contributed by atoms with Gasteiger partial charge in [-0.25, -0.2) is 4.79 Å². The van der Waals surface area contributed by atoms with Gasteiger partial charge < -0.3 is 9.15 Å². The van der Waals surface area contributed by atoms with Crippen molar-refractivity contribution in [3.63, 3.8) is 0 Å². The van der Waals surface area contributed by atoms with E-state index in [0.717, 1.165) is 23.1 Å². The quantitative estimate of drug-likeness (QED) is 0.453. The molecule has 0 fully saturated rings. The van der Waals surface area contributed by atoms with Gasteiger partial charge in [-0.1, -0.05) is 25.1 Å². The van der Waals surface area contributed by atoms with E-state index >= 15 is 0 Å². The number of rotatable bonds is 7. The van der Waals surface area contributed by atoms with Gasteiger partial charge in [-0.3, -0.25) is 4.79 Å². The van der Waals surface area contributed by atoms with Crippen LogP contribution >= 0.6 is 23.1 Å². The summed E-state index contributed by atoms with van der Waals surface area (Å²) in [5.74, 6) is 0.801. The van der Waals surface area contributed by atoms with Crippen molar-refractivity contribution in [3.05, 3.63) is 68.2 Å². The van der Waals surface area contributed by atoms with E-state index in [9.17, 15) is 9.59 Å². The van der Waals surface area contributed by atoms with Gasteiger partial charge in [-0.2, -0.15) is 0 Å². The predicted molar refractivity (Wildman–Crippen MR) is 102 cm³/mol. The van der Waals surface area contributed by atoms with Crippen molar-refractivity contribution in [2.24, 2.45) is 0 Å². The van der Waals surface area contributed by atoms with Crippen LogP contribution in [0.2, 0.25) is 0 Å². The van der Waals surface area contributed by atoms with Crippen LogP contribution in [-0.4, -0.2) is 11.7 Å². The highest BCUT2D eigenvalue weighted by molar-refractivity contribution is 7.99. The first-order valence-corrected chi connectivity index (χ1v) is 10.0. The van der Waals surface area contributed by atoms with E-state index < -0.39 is 5.63 Å². The Kier molecular flexibility index (Phi) is 5.94. The fourth-order valence-corrected chi connectivity index (χ4v) is 4.10. The number of hydrogen-bond acceptors (Lipinski definition) is 6. The molecule has 0 amide bonds. The molecule has 3 rings (SSSR count). The molecule has 0 aliphatic heterocycles.